The second kappa shape index (κ2) is 10.9. The van der Waals surface area contributed by atoms with Gasteiger partial charge in [0.2, 0.25) is 5.89 Å². The van der Waals surface area contributed by atoms with Gasteiger partial charge in [0, 0.05) is 11.6 Å². The van der Waals surface area contributed by atoms with Crippen molar-refractivity contribution in [3.63, 3.8) is 0 Å². The van der Waals surface area contributed by atoms with Crippen LogP contribution in [0.1, 0.15) is 37.7 Å². The van der Waals surface area contributed by atoms with E-state index >= 15 is 0 Å². The van der Waals surface area contributed by atoms with Crippen molar-refractivity contribution in [1.82, 2.24) is 9.88 Å². The van der Waals surface area contributed by atoms with Crippen LogP contribution in [0.5, 0.6) is 0 Å². The first-order chi connectivity index (χ1) is 14.9. The molecule has 32 heavy (non-hydrogen) atoms. The maximum atomic E-state index is 14.8. The number of nitrogens with zero attached hydrogens (tertiary/aromatic N) is 2. The minimum atomic E-state index is -1.34. The number of carbonyl (C=O) groups excluding carboxylic acids is 2. The van der Waals surface area contributed by atoms with Gasteiger partial charge in [-0.2, -0.15) is 0 Å². The van der Waals surface area contributed by atoms with Gasteiger partial charge in [-0.25, -0.2) is 14.2 Å². The van der Waals surface area contributed by atoms with Gasteiger partial charge in [0.15, 0.2) is 5.58 Å². The predicted octanol–water partition coefficient (Wildman–Crippen LogP) is 0.863. The van der Waals surface area contributed by atoms with Crippen LogP contribution in [0, 0.1) is 12.7 Å². The fourth-order valence-electron chi connectivity index (χ4n) is 4.00. The molecule has 0 unspecified atom stereocenters. The van der Waals surface area contributed by atoms with Gasteiger partial charge in [-0.3, -0.25) is 0 Å². The van der Waals surface area contributed by atoms with Crippen molar-refractivity contribution in [3.8, 4) is 11.5 Å². The number of hydrogen-bond donors (Lipinski definition) is 1. The number of carboxylic acid groups (broad SMARTS) is 1. The van der Waals surface area contributed by atoms with Crippen molar-refractivity contribution in [2.24, 2.45) is 0 Å². The van der Waals surface area contributed by atoms with Gasteiger partial charge in [0.1, 0.15) is 11.3 Å². The van der Waals surface area contributed by atoms with Gasteiger partial charge >= 0.3 is 57.4 Å². The van der Waals surface area contributed by atoms with E-state index in [4.69, 9.17) is 4.42 Å². The molecule has 0 bridgehead atoms. The first-order valence-corrected chi connectivity index (χ1v) is 10.4. The Labute approximate surface area is 227 Å². The number of halogens is 1. The number of nitrogens with one attached hydrogen (secondary N) is 1. The molecule has 4 rings (SSSR count). The van der Waals surface area contributed by atoms with Crippen LogP contribution in [0.4, 0.5) is 14.9 Å². The summed E-state index contributed by atoms with van der Waals surface area (Å²) in [6.07, 6.45) is 4.35. The van der Waals surface area contributed by atoms with E-state index in [1.165, 1.54) is 17.0 Å². The zero-order chi connectivity index (χ0) is 22.0. The quantitative estimate of drug-likeness (QED) is 0.566. The number of amides is 2. The molecule has 1 heterocycles. The van der Waals surface area contributed by atoms with Crippen molar-refractivity contribution >= 4 is 28.8 Å². The third-order valence-electron chi connectivity index (χ3n) is 5.58. The minimum absolute atomic E-state index is 0. The van der Waals surface area contributed by atoms with E-state index in [1.807, 2.05) is 25.1 Å². The number of anilines is 1. The van der Waals surface area contributed by atoms with Crippen molar-refractivity contribution in [2.75, 3.05) is 11.9 Å². The van der Waals surface area contributed by atoms with E-state index in [1.54, 1.807) is 6.07 Å². The number of fused-ring (bicyclic) bond motifs is 1. The summed E-state index contributed by atoms with van der Waals surface area (Å²) in [6.45, 7) is 1.42. The summed E-state index contributed by atoms with van der Waals surface area (Å²) < 4.78 is 20.5. The summed E-state index contributed by atoms with van der Waals surface area (Å²) in [6, 6.07) is 8.99. The zero-order valence-electron chi connectivity index (χ0n) is 18.2. The van der Waals surface area contributed by atoms with Gasteiger partial charge in [-0.1, -0.05) is 25.3 Å². The maximum Gasteiger partial charge on any atom is 1.00 e. The minimum Gasteiger partial charge on any atom is -0.548 e. The average molecular weight is 464 g/mol. The van der Waals surface area contributed by atoms with Crippen LogP contribution >= 0.6 is 0 Å². The number of carbonyl (C=O) groups is 2. The second-order valence-electron chi connectivity index (χ2n) is 7.91. The number of benzene rings is 2. The van der Waals surface area contributed by atoms with Crippen LogP contribution in [0.3, 0.4) is 0 Å². The van der Waals surface area contributed by atoms with E-state index in [0.29, 0.717) is 16.7 Å². The molecule has 3 aromatic rings. The Bertz CT molecular complexity index is 1130. The molecule has 0 aliphatic heterocycles. The van der Waals surface area contributed by atoms with Crippen LogP contribution in [0.15, 0.2) is 40.8 Å². The summed E-state index contributed by atoms with van der Waals surface area (Å²) in [5.41, 5.74) is 2.71. The topological polar surface area (TPSA) is 98.5 Å². The Morgan fingerprint density at radius 1 is 1.19 bits per heavy atom. The molecule has 9 heteroatoms. The number of urea groups is 1. The van der Waals surface area contributed by atoms with Crippen LogP contribution in [-0.4, -0.2) is 34.5 Å². The molecule has 1 N–H and O–H groups in total. The van der Waals surface area contributed by atoms with Crippen LogP contribution in [0.25, 0.3) is 22.6 Å². The van der Waals surface area contributed by atoms with E-state index in [2.05, 4.69) is 10.3 Å². The Morgan fingerprint density at radius 3 is 2.62 bits per heavy atom. The standard InChI is InChI=1S/C23H24FN3O4.K/c1-14-7-10-20-19(11-14)25-22(31-20)15-8-9-18(17(24)12-15)26-23(30)27(13-21(28)29)16-5-3-2-4-6-16;/h7-12,16H,2-6,13H2,1H3,(H,26,30)(H,28,29);/q;+1/p-1. The summed E-state index contributed by atoms with van der Waals surface area (Å²) in [7, 11) is 0. The molecule has 1 saturated carbocycles. The average Bonchev–Trinajstić information content (AvgIpc) is 3.17. The molecule has 162 valence electrons. The van der Waals surface area contributed by atoms with Gasteiger partial charge in [0.05, 0.1) is 18.2 Å². The number of oxazole rings is 1. The first-order valence-electron chi connectivity index (χ1n) is 10.4. The molecule has 2 aromatic carbocycles. The molecule has 0 atom stereocenters. The number of hydrogen-bond acceptors (Lipinski definition) is 5. The second-order valence-corrected chi connectivity index (χ2v) is 7.91. The Morgan fingerprint density at radius 2 is 1.94 bits per heavy atom. The normalized spacial score (nSPS) is 14.1. The van der Waals surface area contributed by atoms with Crippen molar-refractivity contribution in [1.29, 1.82) is 0 Å². The fraction of sp³-hybridized carbons (Fsp3) is 0.348. The van der Waals surface area contributed by atoms with Crippen molar-refractivity contribution in [2.45, 2.75) is 45.1 Å². The first kappa shape index (κ1) is 24.9. The molecule has 0 saturated heterocycles. The number of aromatic nitrogens is 1. The molecule has 2 amide bonds. The largest absolute Gasteiger partial charge is 1.00 e. The van der Waals surface area contributed by atoms with E-state index in [0.717, 1.165) is 37.7 Å². The summed E-state index contributed by atoms with van der Waals surface area (Å²) in [5, 5.41) is 13.6. The molecule has 1 aliphatic carbocycles. The summed E-state index contributed by atoms with van der Waals surface area (Å²) >= 11 is 0. The van der Waals surface area contributed by atoms with Crippen LogP contribution in [-0.2, 0) is 4.79 Å². The molecule has 1 fully saturated rings. The third kappa shape index (κ3) is 5.76. The Hall–Kier alpha value is -1.78. The van der Waals surface area contributed by atoms with Gasteiger partial charge in [-0.05, 0) is 55.7 Å². The Kier molecular flexibility index (Phi) is 8.46. The summed E-state index contributed by atoms with van der Waals surface area (Å²) in [4.78, 5) is 29.5. The number of rotatable bonds is 5. The maximum absolute atomic E-state index is 14.8. The summed E-state index contributed by atoms with van der Waals surface area (Å²) in [5.74, 6) is -1.73. The van der Waals surface area contributed by atoms with Gasteiger partial charge in [-0.15, -0.1) is 0 Å². The predicted molar refractivity (Wildman–Crippen MR) is 112 cm³/mol. The van der Waals surface area contributed by atoms with E-state index in [9.17, 15) is 19.1 Å². The third-order valence-corrected chi connectivity index (χ3v) is 5.58. The molecule has 7 nitrogen and oxygen atoms in total. The van der Waals surface area contributed by atoms with Crippen molar-refractivity contribution in [3.05, 3.63) is 47.8 Å². The number of aryl methyl sites for hydroxylation is 1. The van der Waals surface area contributed by atoms with E-state index in [-0.39, 0.29) is 69.0 Å². The monoisotopic (exact) mass is 463 g/mol. The number of aliphatic carboxylic acids is 1. The smallest absolute Gasteiger partial charge is 0.548 e. The van der Waals surface area contributed by atoms with Gasteiger partial charge in [0.25, 0.3) is 0 Å². The molecule has 1 aromatic heterocycles. The van der Waals surface area contributed by atoms with Gasteiger partial charge < -0.3 is 24.5 Å². The molecular weight excluding hydrogens is 440 g/mol. The van der Waals surface area contributed by atoms with Crippen molar-refractivity contribution < 1.29 is 74.9 Å². The molecule has 0 spiro atoms. The van der Waals surface area contributed by atoms with Crippen LogP contribution in [0.2, 0.25) is 0 Å². The molecule has 0 radical (unpaired) electrons. The molecular formula is C23H23FKN3O4. The Balaban J connectivity index is 0.00000289. The number of carboxylic acids is 1. The zero-order valence-corrected chi connectivity index (χ0v) is 21.3. The fourth-order valence-corrected chi connectivity index (χ4v) is 4.00. The molecule has 1 aliphatic rings. The SMILES string of the molecule is Cc1ccc2oc(-c3ccc(NC(=O)N(CC(=O)[O-])C4CCCCC4)c(F)c3)nc2c1.[K+]. The van der Waals surface area contributed by atoms with E-state index < -0.39 is 24.4 Å². The van der Waals surface area contributed by atoms with Crippen LogP contribution < -0.4 is 61.8 Å².